The molecule has 0 radical (unpaired) electrons. The van der Waals surface area contributed by atoms with E-state index < -0.39 is 18.0 Å². The molecule has 2 aromatic carbocycles. The highest BCUT2D eigenvalue weighted by Gasteiger charge is 2.31. The van der Waals surface area contributed by atoms with E-state index in [0.717, 1.165) is 5.56 Å². The first kappa shape index (κ1) is 18.6. The zero-order chi connectivity index (χ0) is 19.4. The second-order valence-corrected chi connectivity index (χ2v) is 6.64. The first-order valence-electron chi connectivity index (χ1n) is 8.90. The lowest BCUT2D eigenvalue weighted by Gasteiger charge is -2.30. The van der Waals surface area contributed by atoms with Gasteiger partial charge < -0.3 is 10.1 Å². The fourth-order valence-electron chi connectivity index (χ4n) is 3.09. The first-order valence-corrected chi connectivity index (χ1v) is 8.90. The first-order chi connectivity index (χ1) is 13.0. The highest BCUT2D eigenvalue weighted by atomic mass is 16.5. The summed E-state index contributed by atoms with van der Waals surface area (Å²) >= 11 is 0. The maximum atomic E-state index is 12.8. The Morgan fingerprint density at radius 1 is 1.07 bits per heavy atom. The molecule has 0 aromatic heterocycles. The number of esters is 1. The van der Waals surface area contributed by atoms with Gasteiger partial charge in [0.2, 0.25) is 5.91 Å². The molecule has 6 nitrogen and oxygen atoms in total. The standard InChI is InChI=1S/C21H22N2O4/c1-14(16-8-4-3-5-9-16)12-20(25)27-15(2)21(26)23-13-19(24)22-17-10-6-7-11-18(17)23/h3-11,14-15H,12-13H2,1-2H3,(H,22,24)/t14-,15-/m0/s1. The molecule has 27 heavy (non-hydrogen) atoms. The van der Waals surface area contributed by atoms with Gasteiger partial charge in [0.05, 0.1) is 17.8 Å². The smallest absolute Gasteiger partial charge is 0.307 e. The van der Waals surface area contributed by atoms with Gasteiger partial charge in [-0.15, -0.1) is 0 Å². The number of nitrogens with one attached hydrogen (secondary N) is 1. The number of nitrogens with zero attached hydrogens (tertiary/aromatic N) is 1. The third kappa shape index (κ3) is 4.34. The number of carbonyl (C=O) groups excluding carboxylic acids is 3. The summed E-state index contributed by atoms with van der Waals surface area (Å²) in [6, 6.07) is 16.7. The van der Waals surface area contributed by atoms with Crippen LogP contribution in [0, 0.1) is 0 Å². The molecular formula is C21H22N2O4. The van der Waals surface area contributed by atoms with Crippen molar-refractivity contribution in [3.05, 3.63) is 60.2 Å². The van der Waals surface area contributed by atoms with E-state index in [9.17, 15) is 14.4 Å². The Balaban J connectivity index is 1.64. The summed E-state index contributed by atoms with van der Waals surface area (Å²) in [5.74, 6) is -1.15. The Labute approximate surface area is 158 Å². The van der Waals surface area contributed by atoms with E-state index >= 15 is 0 Å². The molecule has 2 aromatic rings. The average molecular weight is 366 g/mol. The minimum absolute atomic E-state index is 0.0116. The van der Waals surface area contributed by atoms with E-state index in [0.29, 0.717) is 11.4 Å². The van der Waals surface area contributed by atoms with Crippen molar-refractivity contribution < 1.29 is 19.1 Å². The van der Waals surface area contributed by atoms with E-state index in [1.165, 1.54) is 11.8 Å². The predicted octanol–water partition coefficient (Wildman–Crippen LogP) is 3.10. The Bertz CT molecular complexity index is 850. The van der Waals surface area contributed by atoms with Crippen molar-refractivity contribution in [2.75, 3.05) is 16.8 Å². The maximum Gasteiger partial charge on any atom is 0.307 e. The van der Waals surface area contributed by atoms with E-state index in [4.69, 9.17) is 4.74 Å². The molecule has 0 bridgehead atoms. The molecule has 2 amide bonds. The van der Waals surface area contributed by atoms with Crippen molar-refractivity contribution in [3.8, 4) is 0 Å². The molecule has 0 fully saturated rings. The van der Waals surface area contributed by atoms with Crippen LogP contribution in [-0.2, 0) is 19.1 Å². The number of fused-ring (bicyclic) bond motifs is 1. The topological polar surface area (TPSA) is 75.7 Å². The van der Waals surface area contributed by atoms with Crippen LogP contribution >= 0.6 is 0 Å². The summed E-state index contributed by atoms with van der Waals surface area (Å²) in [7, 11) is 0. The third-order valence-corrected chi connectivity index (χ3v) is 4.53. The van der Waals surface area contributed by atoms with E-state index in [-0.39, 0.29) is 24.8 Å². The largest absolute Gasteiger partial charge is 0.453 e. The number of rotatable bonds is 5. The number of hydrogen-bond donors (Lipinski definition) is 1. The second-order valence-electron chi connectivity index (χ2n) is 6.64. The summed E-state index contributed by atoms with van der Waals surface area (Å²) in [6.45, 7) is 3.37. The summed E-state index contributed by atoms with van der Waals surface area (Å²) in [5.41, 5.74) is 2.20. The van der Waals surface area contributed by atoms with Crippen LogP contribution in [0.5, 0.6) is 0 Å². The highest BCUT2D eigenvalue weighted by Crippen LogP contribution is 2.29. The van der Waals surface area contributed by atoms with Crippen LogP contribution in [0.4, 0.5) is 11.4 Å². The molecule has 1 aliphatic heterocycles. The monoisotopic (exact) mass is 366 g/mol. The molecule has 140 valence electrons. The van der Waals surface area contributed by atoms with Gasteiger partial charge in [-0.2, -0.15) is 0 Å². The molecule has 1 aliphatic rings. The van der Waals surface area contributed by atoms with Crippen LogP contribution < -0.4 is 10.2 Å². The number of anilines is 2. The summed E-state index contributed by atoms with van der Waals surface area (Å²) in [5, 5.41) is 2.73. The van der Waals surface area contributed by atoms with Gasteiger partial charge in [-0.3, -0.25) is 19.3 Å². The Morgan fingerprint density at radius 3 is 2.48 bits per heavy atom. The summed E-state index contributed by atoms with van der Waals surface area (Å²) < 4.78 is 5.35. The lowest BCUT2D eigenvalue weighted by molar-refractivity contribution is -0.154. The zero-order valence-corrected chi connectivity index (χ0v) is 15.3. The van der Waals surface area contributed by atoms with Crippen molar-refractivity contribution in [2.24, 2.45) is 0 Å². The molecule has 6 heteroatoms. The number of para-hydroxylation sites is 2. The molecule has 0 saturated carbocycles. The Hall–Kier alpha value is -3.15. The van der Waals surface area contributed by atoms with Crippen molar-refractivity contribution in [3.63, 3.8) is 0 Å². The van der Waals surface area contributed by atoms with Crippen LogP contribution in [-0.4, -0.2) is 30.4 Å². The fraction of sp³-hybridized carbons (Fsp3) is 0.286. The van der Waals surface area contributed by atoms with Crippen molar-refractivity contribution in [1.29, 1.82) is 0 Å². The number of carbonyl (C=O) groups is 3. The Kier molecular flexibility index (Phi) is 5.54. The molecule has 0 saturated heterocycles. The van der Waals surface area contributed by atoms with Gasteiger partial charge in [0.1, 0.15) is 6.54 Å². The minimum atomic E-state index is -0.973. The number of amides is 2. The van der Waals surface area contributed by atoms with Crippen LogP contribution in [0.25, 0.3) is 0 Å². The van der Waals surface area contributed by atoms with Crippen molar-refractivity contribution in [1.82, 2.24) is 0 Å². The lowest BCUT2D eigenvalue weighted by atomic mass is 9.98. The minimum Gasteiger partial charge on any atom is -0.453 e. The molecule has 0 aliphatic carbocycles. The van der Waals surface area contributed by atoms with Crippen molar-refractivity contribution in [2.45, 2.75) is 32.3 Å². The van der Waals surface area contributed by atoms with Crippen LogP contribution in [0.15, 0.2) is 54.6 Å². The second kappa shape index (κ2) is 8.03. The molecule has 0 unspecified atom stereocenters. The van der Waals surface area contributed by atoms with Gasteiger partial charge in [0.15, 0.2) is 6.10 Å². The fourth-order valence-corrected chi connectivity index (χ4v) is 3.09. The number of ether oxygens (including phenoxy) is 1. The van der Waals surface area contributed by atoms with Gasteiger partial charge in [0.25, 0.3) is 5.91 Å². The molecule has 1 N–H and O–H groups in total. The normalized spacial score (nSPS) is 15.3. The SMILES string of the molecule is C[C@H](OC(=O)C[C@H](C)c1ccccc1)C(=O)N1CC(=O)Nc2ccccc21. The lowest BCUT2D eigenvalue weighted by Crippen LogP contribution is -2.47. The van der Waals surface area contributed by atoms with Gasteiger partial charge in [-0.1, -0.05) is 49.4 Å². The van der Waals surface area contributed by atoms with Crippen LogP contribution in [0.3, 0.4) is 0 Å². The summed E-state index contributed by atoms with van der Waals surface area (Å²) in [4.78, 5) is 38.3. The Morgan fingerprint density at radius 2 is 1.74 bits per heavy atom. The van der Waals surface area contributed by atoms with Gasteiger partial charge in [0, 0.05) is 0 Å². The predicted molar refractivity (Wildman–Crippen MR) is 102 cm³/mol. The van der Waals surface area contributed by atoms with Crippen molar-refractivity contribution >= 4 is 29.2 Å². The van der Waals surface area contributed by atoms with E-state index in [1.54, 1.807) is 24.3 Å². The van der Waals surface area contributed by atoms with Gasteiger partial charge in [-0.25, -0.2) is 0 Å². The summed E-state index contributed by atoms with van der Waals surface area (Å²) in [6.07, 6.45) is -0.793. The molecule has 0 spiro atoms. The number of hydrogen-bond acceptors (Lipinski definition) is 4. The van der Waals surface area contributed by atoms with Crippen LogP contribution in [0.1, 0.15) is 31.7 Å². The average Bonchev–Trinajstić information content (AvgIpc) is 2.67. The molecular weight excluding hydrogens is 344 g/mol. The third-order valence-electron chi connectivity index (χ3n) is 4.53. The van der Waals surface area contributed by atoms with Gasteiger partial charge in [-0.05, 0) is 30.5 Å². The number of benzene rings is 2. The maximum absolute atomic E-state index is 12.8. The van der Waals surface area contributed by atoms with E-state index in [2.05, 4.69) is 5.32 Å². The highest BCUT2D eigenvalue weighted by molar-refractivity contribution is 6.11. The molecule has 1 heterocycles. The molecule has 2 atom stereocenters. The van der Waals surface area contributed by atoms with Gasteiger partial charge >= 0.3 is 5.97 Å². The van der Waals surface area contributed by atoms with Crippen LogP contribution in [0.2, 0.25) is 0 Å². The quantitative estimate of drug-likeness (QED) is 0.825. The molecule has 3 rings (SSSR count). The zero-order valence-electron chi connectivity index (χ0n) is 15.3. The van der Waals surface area contributed by atoms with E-state index in [1.807, 2.05) is 37.3 Å².